The van der Waals surface area contributed by atoms with Crippen molar-refractivity contribution < 1.29 is 19.0 Å². The summed E-state index contributed by atoms with van der Waals surface area (Å²) in [7, 11) is 0. The molecule has 1 atom stereocenters. The van der Waals surface area contributed by atoms with Crippen LogP contribution in [0.25, 0.3) is 5.69 Å². The molecular formula is C27H34FN3O3. The first kappa shape index (κ1) is 24.4. The highest BCUT2D eigenvalue weighted by Gasteiger charge is 2.28. The van der Waals surface area contributed by atoms with Gasteiger partial charge in [-0.1, -0.05) is 25.1 Å². The zero-order chi connectivity index (χ0) is 23.9. The average molecular weight is 468 g/mol. The van der Waals surface area contributed by atoms with Crippen LogP contribution in [0.15, 0.2) is 54.6 Å². The van der Waals surface area contributed by atoms with E-state index < -0.39 is 6.10 Å². The Labute approximate surface area is 200 Å². The Kier molecular flexibility index (Phi) is 8.32. The van der Waals surface area contributed by atoms with E-state index in [0.29, 0.717) is 43.9 Å². The molecule has 0 radical (unpaired) electrons. The maximum absolute atomic E-state index is 13.5. The third-order valence-electron chi connectivity index (χ3n) is 5.96. The Hall–Kier alpha value is -2.74. The lowest BCUT2D eigenvalue weighted by molar-refractivity contribution is 0.0186. The molecule has 7 heteroatoms. The number of benzene rings is 2. The van der Waals surface area contributed by atoms with E-state index >= 15 is 0 Å². The van der Waals surface area contributed by atoms with E-state index in [-0.39, 0.29) is 5.82 Å². The second-order valence-electron chi connectivity index (χ2n) is 8.84. The minimum absolute atomic E-state index is 0.308. The first-order chi connectivity index (χ1) is 16.6. The van der Waals surface area contributed by atoms with Gasteiger partial charge in [-0.3, -0.25) is 4.90 Å². The maximum Gasteiger partial charge on any atom is 0.227 e. The normalized spacial score (nSPS) is 14.5. The van der Waals surface area contributed by atoms with Crippen molar-refractivity contribution in [2.75, 3.05) is 26.3 Å². The lowest BCUT2D eigenvalue weighted by Crippen LogP contribution is -2.36. The van der Waals surface area contributed by atoms with Crippen LogP contribution >= 0.6 is 0 Å². The highest BCUT2D eigenvalue weighted by molar-refractivity contribution is 5.43. The minimum Gasteiger partial charge on any atom is -0.439 e. The molecule has 1 fully saturated rings. The number of aliphatic hydroxyl groups is 1. The smallest absolute Gasteiger partial charge is 0.227 e. The molecule has 3 aromatic rings. The topological polar surface area (TPSA) is 59.8 Å². The SMILES string of the molecule is CCOCC(O)CN(Cc1c(CC)nn(-c2ccccc2)c1Oc1ccc(F)cc1)CC1CC1. The van der Waals surface area contributed by atoms with Crippen LogP contribution in [0.4, 0.5) is 4.39 Å². The predicted molar refractivity (Wildman–Crippen MR) is 130 cm³/mol. The number of nitrogens with zero attached hydrogens (tertiary/aromatic N) is 3. The number of hydrogen-bond donors (Lipinski definition) is 1. The zero-order valence-electron chi connectivity index (χ0n) is 20.0. The molecule has 0 saturated heterocycles. The molecule has 1 aromatic heterocycles. The van der Waals surface area contributed by atoms with Crippen molar-refractivity contribution >= 4 is 0 Å². The van der Waals surface area contributed by atoms with Crippen LogP contribution in [0, 0.1) is 11.7 Å². The molecule has 1 aliphatic rings. The first-order valence-corrected chi connectivity index (χ1v) is 12.1. The van der Waals surface area contributed by atoms with Crippen LogP contribution < -0.4 is 4.74 Å². The number of aromatic nitrogens is 2. The van der Waals surface area contributed by atoms with Gasteiger partial charge in [0.2, 0.25) is 5.88 Å². The van der Waals surface area contributed by atoms with Crippen molar-refractivity contribution in [2.24, 2.45) is 5.92 Å². The summed E-state index contributed by atoms with van der Waals surface area (Å²) in [6, 6.07) is 15.9. The fourth-order valence-electron chi connectivity index (χ4n) is 4.08. The molecule has 1 heterocycles. The second kappa shape index (κ2) is 11.6. The van der Waals surface area contributed by atoms with Gasteiger partial charge in [-0.2, -0.15) is 5.10 Å². The molecule has 1 saturated carbocycles. The predicted octanol–water partition coefficient (Wildman–Crippen LogP) is 4.98. The molecule has 34 heavy (non-hydrogen) atoms. The molecule has 4 rings (SSSR count). The number of para-hydroxylation sites is 1. The highest BCUT2D eigenvalue weighted by Crippen LogP contribution is 2.34. The molecule has 0 amide bonds. The zero-order valence-corrected chi connectivity index (χ0v) is 20.0. The van der Waals surface area contributed by atoms with E-state index in [2.05, 4.69) is 11.8 Å². The Bertz CT molecular complexity index is 1040. The van der Waals surface area contributed by atoms with E-state index in [1.54, 1.807) is 12.1 Å². The van der Waals surface area contributed by atoms with Crippen molar-refractivity contribution in [2.45, 2.75) is 45.8 Å². The van der Waals surface area contributed by atoms with E-state index in [0.717, 1.165) is 29.9 Å². The van der Waals surface area contributed by atoms with Crippen LogP contribution in [0.1, 0.15) is 37.9 Å². The van der Waals surface area contributed by atoms with Gasteiger partial charge in [-0.15, -0.1) is 0 Å². The van der Waals surface area contributed by atoms with Crippen molar-refractivity contribution in [3.05, 3.63) is 71.7 Å². The van der Waals surface area contributed by atoms with Gasteiger partial charge < -0.3 is 14.6 Å². The number of rotatable bonds is 13. The van der Waals surface area contributed by atoms with Crippen molar-refractivity contribution in [1.82, 2.24) is 14.7 Å². The molecule has 1 aliphatic carbocycles. The molecule has 0 aliphatic heterocycles. The molecule has 2 aromatic carbocycles. The van der Waals surface area contributed by atoms with Gasteiger partial charge in [0.25, 0.3) is 0 Å². The van der Waals surface area contributed by atoms with Crippen LogP contribution in [-0.4, -0.2) is 52.2 Å². The molecular weight excluding hydrogens is 433 g/mol. The summed E-state index contributed by atoms with van der Waals surface area (Å²) in [6.45, 7) is 6.95. The minimum atomic E-state index is -0.561. The van der Waals surface area contributed by atoms with Gasteiger partial charge in [0.15, 0.2) is 0 Å². The summed E-state index contributed by atoms with van der Waals surface area (Å²) < 4.78 is 27.1. The largest absolute Gasteiger partial charge is 0.439 e. The van der Waals surface area contributed by atoms with Crippen LogP contribution in [0.2, 0.25) is 0 Å². The number of halogens is 1. The molecule has 6 nitrogen and oxygen atoms in total. The molecule has 1 unspecified atom stereocenters. The van der Waals surface area contributed by atoms with Gasteiger partial charge in [-0.05, 0) is 68.5 Å². The highest BCUT2D eigenvalue weighted by atomic mass is 19.1. The lowest BCUT2D eigenvalue weighted by atomic mass is 10.1. The Balaban J connectivity index is 1.68. The molecule has 1 N–H and O–H groups in total. The molecule has 182 valence electrons. The monoisotopic (exact) mass is 467 g/mol. The van der Waals surface area contributed by atoms with E-state index in [1.807, 2.05) is 41.9 Å². The first-order valence-electron chi connectivity index (χ1n) is 12.1. The average Bonchev–Trinajstić information content (AvgIpc) is 3.60. The van der Waals surface area contributed by atoms with Gasteiger partial charge in [0.05, 0.1) is 29.7 Å². The quantitative estimate of drug-likeness (QED) is 0.384. The summed E-state index contributed by atoms with van der Waals surface area (Å²) in [4.78, 5) is 2.28. The number of hydrogen-bond acceptors (Lipinski definition) is 5. The number of aliphatic hydroxyl groups excluding tert-OH is 1. The summed E-state index contributed by atoms with van der Waals surface area (Å²) >= 11 is 0. The fourth-order valence-corrected chi connectivity index (χ4v) is 4.08. The van der Waals surface area contributed by atoms with E-state index in [4.69, 9.17) is 14.6 Å². The van der Waals surface area contributed by atoms with Crippen molar-refractivity contribution in [3.8, 4) is 17.3 Å². The Morgan fingerprint density at radius 2 is 1.85 bits per heavy atom. The second-order valence-corrected chi connectivity index (χ2v) is 8.84. The number of aryl methyl sites for hydroxylation is 1. The van der Waals surface area contributed by atoms with Crippen molar-refractivity contribution in [3.63, 3.8) is 0 Å². The summed E-state index contributed by atoms with van der Waals surface area (Å²) in [5, 5.41) is 15.4. The van der Waals surface area contributed by atoms with E-state index in [9.17, 15) is 9.50 Å². The standard InChI is InChI=1S/C27H34FN3O3/c1-3-26-25(18-30(16-20-10-11-20)17-23(32)19-33-4-2)27(34-24-14-12-21(28)13-15-24)31(29-26)22-8-6-5-7-9-22/h5-9,12-15,20,23,32H,3-4,10-11,16-19H2,1-2H3. The third-order valence-corrected chi connectivity index (χ3v) is 5.96. The summed E-state index contributed by atoms with van der Waals surface area (Å²) in [5.41, 5.74) is 2.83. The Morgan fingerprint density at radius 1 is 1.12 bits per heavy atom. The lowest BCUT2D eigenvalue weighted by Gasteiger charge is -2.25. The van der Waals surface area contributed by atoms with Gasteiger partial charge in [0, 0.05) is 26.2 Å². The Morgan fingerprint density at radius 3 is 2.50 bits per heavy atom. The third kappa shape index (κ3) is 6.44. The molecule has 0 bridgehead atoms. The summed E-state index contributed by atoms with van der Waals surface area (Å²) in [6.07, 6.45) is 2.63. The maximum atomic E-state index is 13.5. The van der Waals surface area contributed by atoms with Gasteiger partial charge >= 0.3 is 0 Å². The van der Waals surface area contributed by atoms with Gasteiger partial charge in [0.1, 0.15) is 11.6 Å². The molecule has 0 spiro atoms. The van der Waals surface area contributed by atoms with Crippen LogP contribution in [0.3, 0.4) is 0 Å². The van der Waals surface area contributed by atoms with Gasteiger partial charge in [-0.25, -0.2) is 9.07 Å². The summed E-state index contributed by atoms with van der Waals surface area (Å²) in [5.74, 6) is 1.52. The van der Waals surface area contributed by atoms with Crippen molar-refractivity contribution in [1.29, 1.82) is 0 Å². The van der Waals surface area contributed by atoms with E-state index in [1.165, 1.54) is 25.0 Å². The fraction of sp³-hybridized carbons (Fsp3) is 0.444. The van der Waals surface area contributed by atoms with Crippen LogP contribution in [-0.2, 0) is 17.7 Å². The number of ether oxygens (including phenoxy) is 2. The van der Waals surface area contributed by atoms with Crippen LogP contribution in [0.5, 0.6) is 11.6 Å².